The fourth-order valence-electron chi connectivity index (χ4n) is 5.66. The van der Waals surface area contributed by atoms with Crippen LogP contribution in [0.25, 0.3) is 5.57 Å². The molecule has 1 aromatic carbocycles. The molecule has 0 heterocycles. The van der Waals surface area contributed by atoms with Gasteiger partial charge in [0.15, 0.2) is 0 Å². The summed E-state index contributed by atoms with van der Waals surface area (Å²) in [5, 5.41) is 0. The van der Waals surface area contributed by atoms with Crippen LogP contribution in [-0.2, 0) is 15.6 Å². The average molecular weight is 470 g/mol. The maximum Gasteiger partial charge on any atom is 0.110 e. The van der Waals surface area contributed by atoms with Crippen LogP contribution < -0.4 is 0 Å². The first-order valence-electron chi connectivity index (χ1n) is 14.3. The molecular formula is C32H55NO. The van der Waals surface area contributed by atoms with Gasteiger partial charge in [-0.1, -0.05) is 105 Å². The zero-order chi connectivity index (χ0) is 25.2. The number of hydrogen-bond acceptors (Lipinski definition) is 2. The molecule has 0 spiro atoms. The number of benzene rings is 1. The fourth-order valence-corrected chi connectivity index (χ4v) is 5.66. The SMILES string of the molecule is C=C(CCC(OC)N(CCC)CCCCCCCCC)c1ccc2c(c1)C(C)(C)CCC2(C)C. The summed E-state index contributed by atoms with van der Waals surface area (Å²) in [5.41, 5.74) is 6.12. The van der Waals surface area contributed by atoms with Crippen molar-refractivity contribution in [3.05, 3.63) is 41.5 Å². The molecule has 2 rings (SSSR count). The first-order chi connectivity index (χ1) is 16.2. The van der Waals surface area contributed by atoms with E-state index >= 15 is 0 Å². The van der Waals surface area contributed by atoms with Crippen molar-refractivity contribution in [1.29, 1.82) is 0 Å². The van der Waals surface area contributed by atoms with Crippen molar-refractivity contribution in [3.63, 3.8) is 0 Å². The van der Waals surface area contributed by atoms with Gasteiger partial charge in [-0.05, 0) is 71.6 Å². The second kappa shape index (κ2) is 13.8. The monoisotopic (exact) mass is 469 g/mol. The van der Waals surface area contributed by atoms with Crippen LogP contribution in [0.2, 0.25) is 0 Å². The molecular weight excluding hydrogens is 414 g/mol. The van der Waals surface area contributed by atoms with Crippen LogP contribution in [0.1, 0.15) is 135 Å². The van der Waals surface area contributed by atoms with E-state index in [4.69, 9.17) is 4.74 Å². The van der Waals surface area contributed by atoms with Gasteiger partial charge in [0.05, 0.1) is 0 Å². The zero-order valence-electron chi connectivity index (χ0n) is 23.8. The zero-order valence-corrected chi connectivity index (χ0v) is 23.8. The third-order valence-electron chi connectivity index (χ3n) is 8.19. The minimum absolute atomic E-state index is 0.185. The number of rotatable bonds is 16. The highest BCUT2D eigenvalue weighted by atomic mass is 16.5. The van der Waals surface area contributed by atoms with Gasteiger partial charge in [-0.2, -0.15) is 0 Å². The molecule has 0 saturated carbocycles. The smallest absolute Gasteiger partial charge is 0.110 e. The Bertz CT molecular complexity index is 747. The first kappa shape index (κ1) is 29.1. The Morgan fingerprint density at radius 2 is 1.50 bits per heavy atom. The lowest BCUT2D eigenvalue weighted by Gasteiger charge is -2.42. The summed E-state index contributed by atoms with van der Waals surface area (Å²) in [5.74, 6) is 0. The minimum Gasteiger partial charge on any atom is -0.366 e. The van der Waals surface area contributed by atoms with Crippen molar-refractivity contribution in [1.82, 2.24) is 4.90 Å². The van der Waals surface area contributed by atoms with Crippen LogP contribution in [0.5, 0.6) is 0 Å². The maximum absolute atomic E-state index is 6.00. The Labute approximate surface area is 212 Å². The molecule has 0 aromatic heterocycles. The van der Waals surface area contributed by atoms with Gasteiger partial charge in [0.2, 0.25) is 0 Å². The second-order valence-electron chi connectivity index (χ2n) is 12.0. The van der Waals surface area contributed by atoms with E-state index in [1.54, 1.807) is 0 Å². The maximum atomic E-state index is 6.00. The number of unbranched alkanes of at least 4 members (excludes halogenated alkanes) is 6. The van der Waals surface area contributed by atoms with Crippen LogP contribution >= 0.6 is 0 Å². The van der Waals surface area contributed by atoms with Crippen LogP contribution in [0.3, 0.4) is 0 Å². The molecule has 0 saturated heterocycles. The molecule has 194 valence electrons. The van der Waals surface area contributed by atoms with E-state index in [1.807, 2.05) is 7.11 Å². The molecule has 1 unspecified atom stereocenters. The molecule has 0 bridgehead atoms. The number of fused-ring (bicyclic) bond motifs is 1. The van der Waals surface area contributed by atoms with Gasteiger partial charge in [-0.3, -0.25) is 4.90 Å². The van der Waals surface area contributed by atoms with E-state index in [9.17, 15) is 0 Å². The Morgan fingerprint density at radius 1 is 0.882 bits per heavy atom. The van der Waals surface area contributed by atoms with Crippen molar-refractivity contribution >= 4 is 5.57 Å². The average Bonchev–Trinajstić information content (AvgIpc) is 2.81. The van der Waals surface area contributed by atoms with Crippen LogP contribution in [0.4, 0.5) is 0 Å². The normalized spacial score (nSPS) is 17.5. The lowest BCUT2D eigenvalue weighted by molar-refractivity contribution is -0.0373. The minimum atomic E-state index is 0.185. The van der Waals surface area contributed by atoms with Crippen molar-refractivity contribution < 1.29 is 4.74 Å². The van der Waals surface area contributed by atoms with Crippen LogP contribution in [0.15, 0.2) is 24.8 Å². The second-order valence-corrected chi connectivity index (χ2v) is 12.0. The Balaban J connectivity index is 1.95. The summed E-state index contributed by atoms with van der Waals surface area (Å²) < 4.78 is 6.00. The summed E-state index contributed by atoms with van der Waals surface area (Å²) in [6, 6.07) is 7.14. The van der Waals surface area contributed by atoms with Crippen molar-refractivity contribution in [2.24, 2.45) is 0 Å². The summed E-state index contributed by atoms with van der Waals surface area (Å²) in [4.78, 5) is 2.57. The fraction of sp³-hybridized carbons (Fsp3) is 0.750. The molecule has 0 amide bonds. The Hall–Kier alpha value is -1.12. The predicted molar refractivity (Wildman–Crippen MR) is 151 cm³/mol. The summed E-state index contributed by atoms with van der Waals surface area (Å²) in [6.45, 7) is 20.9. The van der Waals surface area contributed by atoms with Gasteiger partial charge in [0.25, 0.3) is 0 Å². The summed E-state index contributed by atoms with van der Waals surface area (Å²) in [6.07, 6.45) is 15.4. The van der Waals surface area contributed by atoms with E-state index in [-0.39, 0.29) is 17.1 Å². The van der Waals surface area contributed by atoms with Gasteiger partial charge in [0, 0.05) is 20.2 Å². The number of hydrogen-bond donors (Lipinski definition) is 0. The number of methoxy groups -OCH3 is 1. The third-order valence-corrected chi connectivity index (χ3v) is 8.19. The molecule has 0 N–H and O–H groups in total. The molecule has 2 heteroatoms. The molecule has 1 aliphatic carbocycles. The van der Waals surface area contributed by atoms with E-state index in [0.717, 1.165) is 25.9 Å². The van der Waals surface area contributed by atoms with Gasteiger partial charge < -0.3 is 4.74 Å². The molecule has 0 fully saturated rings. The highest BCUT2D eigenvalue weighted by molar-refractivity contribution is 5.65. The standard InChI is InChI=1S/C32H55NO/c1-9-11-12-13-14-15-16-24-33(23-10-2)30(34-8)20-17-26(3)27-18-19-28-29(25-27)32(6,7)22-21-31(28,4)5/h18-19,25,30H,3,9-17,20-24H2,1-2,4-8H3. The van der Waals surface area contributed by atoms with Gasteiger partial charge >= 0.3 is 0 Å². The number of nitrogens with zero attached hydrogens (tertiary/aromatic N) is 1. The molecule has 1 aromatic rings. The largest absolute Gasteiger partial charge is 0.366 e. The van der Waals surface area contributed by atoms with Gasteiger partial charge in [-0.25, -0.2) is 0 Å². The molecule has 0 aliphatic heterocycles. The molecule has 34 heavy (non-hydrogen) atoms. The van der Waals surface area contributed by atoms with E-state index in [2.05, 4.69) is 71.2 Å². The lowest BCUT2D eigenvalue weighted by Crippen LogP contribution is -2.38. The Kier molecular flexibility index (Phi) is 11.8. The van der Waals surface area contributed by atoms with Crippen LogP contribution in [-0.4, -0.2) is 31.3 Å². The van der Waals surface area contributed by atoms with E-state index < -0.39 is 0 Å². The van der Waals surface area contributed by atoms with Crippen molar-refractivity contribution in [2.75, 3.05) is 20.2 Å². The molecule has 2 nitrogen and oxygen atoms in total. The van der Waals surface area contributed by atoms with Crippen molar-refractivity contribution in [2.45, 2.75) is 136 Å². The molecule has 1 aliphatic rings. The van der Waals surface area contributed by atoms with Gasteiger partial charge in [-0.15, -0.1) is 0 Å². The van der Waals surface area contributed by atoms with Crippen molar-refractivity contribution in [3.8, 4) is 0 Å². The molecule has 0 radical (unpaired) electrons. The number of allylic oxidation sites excluding steroid dienone is 1. The van der Waals surface area contributed by atoms with Gasteiger partial charge in [0.1, 0.15) is 6.23 Å². The van der Waals surface area contributed by atoms with E-state index in [0.29, 0.717) is 0 Å². The highest BCUT2D eigenvalue weighted by Gasteiger charge is 2.37. The quantitative estimate of drug-likeness (QED) is 0.177. The Morgan fingerprint density at radius 3 is 2.12 bits per heavy atom. The van der Waals surface area contributed by atoms with Crippen LogP contribution in [0, 0.1) is 0 Å². The number of ether oxygens (including phenoxy) is 1. The summed E-state index contributed by atoms with van der Waals surface area (Å²) in [7, 11) is 1.88. The topological polar surface area (TPSA) is 12.5 Å². The first-order valence-corrected chi connectivity index (χ1v) is 14.3. The van der Waals surface area contributed by atoms with E-state index in [1.165, 1.54) is 86.5 Å². The lowest BCUT2D eigenvalue weighted by atomic mass is 9.63. The molecule has 1 atom stereocenters. The highest BCUT2D eigenvalue weighted by Crippen LogP contribution is 2.46. The third kappa shape index (κ3) is 8.23. The summed E-state index contributed by atoms with van der Waals surface area (Å²) >= 11 is 0. The predicted octanol–water partition coefficient (Wildman–Crippen LogP) is 9.26.